The maximum Gasteiger partial charge on any atom is 0.318 e. The van der Waals surface area contributed by atoms with Crippen LogP contribution in [0.4, 0.5) is 11.5 Å². The minimum absolute atomic E-state index is 0.0155. The first-order chi connectivity index (χ1) is 19.5. The Hall–Kier alpha value is -3.40. The van der Waals surface area contributed by atoms with Crippen LogP contribution in [0.3, 0.4) is 0 Å². The maximum absolute atomic E-state index is 10.5. The average Bonchev–Trinajstić information content (AvgIpc) is 3.48. The lowest BCUT2D eigenvalue weighted by atomic mass is 10.0. The highest BCUT2D eigenvalue weighted by molar-refractivity contribution is 5.95. The summed E-state index contributed by atoms with van der Waals surface area (Å²) in [5.41, 5.74) is 3.15. The topological polar surface area (TPSA) is 88.4 Å². The number of likely N-dealkylation sites (tertiary alicyclic amines) is 1. The fourth-order valence-electron chi connectivity index (χ4n) is 6.34. The summed E-state index contributed by atoms with van der Waals surface area (Å²) < 4.78 is 6.37. The number of hydrogen-bond donors (Lipinski definition) is 2. The summed E-state index contributed by atoms with van der Waals surface area (Å²) >= 11 is 0. The quantitative estimate of drug-likeness (QED) is 0.414. The molecule has 0 bridgehead atoms. The fraction of sp³-hybridized carbons (Fsp3) is 0.484. The standard InChI is InChI=1S/C31H40N6O3/c1-3-29(39)35-14-16-36(17-15-35)30-26-10-13-37(28-19-24(38)18-23-8-4-5-9-25(23)28)21-27(26)32-31(33-30)40-22(2)20-34-11-6-7-12-34/h3-5,8-9,18-19,22,29,38-39H,1,6-7,10-17,20-21H2,2H3/t22-,29?/m1/s1. The molecule has 3 aliphatic rings. The zero-order valence-electron chi connectivity index (χ0n) is 23.4. The van der Waals surface area contributed by atoms with Gasteiger partial charge in [-0.2, -0.15) is 9.97 Å². The molecule has 212 valence electrons. The van der Waals surface area contributed by atoms with Gasteiger partial charge in [0.15, 0.2) is 0 Å². The molecule has 0 radical (unpaired) electrons. The molecule has 3 aromatic rings. The Kier molecular flexibility index (Phi) is 7.78. The van der Waals surface area contributed by atoms with Crippen LogP contribution in [0, 0.1) is 0 Å². The number of fused-ring (bicyclic) bond motifs is 2. The van der Waals surface area contributed by atoms with E-state index in [0.29, 0.717) is 12.6 Å². The van der Waals surface area contributed by atoms with Gasteiger partial charge in [-0.1, -0.05) is 30.8 Å². The summed E-state index contributed by atoms with van der Waals surface area (Å²) in [6.45, 7) is 13.4. The molecular formula is C31H40N6O3. The molecule has 9 nitrogen and oxygen atoms in total. The molecule has 0 amide bonds. The van der Waals surface area contributed by atoms with Crippen molar-refractivity contribution in [1.29, 1.82) is 0 Å². The zero-order chi connectivity index (χ0) is 27.6. The van der Waals surface area contributed by atoms with Crippen LogP contribution in [-0.4, -0.2) is 94.7 Å². The molecule has 4 heterocycles. The Morgan fingerprint density at radius 1 is 1.00 bits per heavy atom. The predicted octanol–water partition coefficient (Wildman–Crippen LogP) is 3.39. The summed E-state index contributed by atoms with van der Waals surface area (Å²) in [5.74, 6) is 1.21. The van der Waals surface area contributed by atoms with Gasteiger partial charge in [-0.25, -0.2) is 0 Å². The SMILES string of the molecule is C=CC(O)N1CCN(c2nc(O[C@H](C)CN3CCCC3)nc3c2CCN(c2cc(O)cc4ccccc24)C3)CC1. The second-order valence-corrected chi connectivity index (χ2v) is 11.2. The number of aromatic hydroxyl groups is 1. The van der Waals surface area contributed by atoms with Crippen molar-refractivity contribution in [3.8, 4) is 11.8 Å². The number of ether oxygens (including phenoxy) is 1. The van der Waals surface area contributed by atoms with Gasteiger partial charge in [0.2, 0.25) is 0 Å². The van der Waals surface area contributed by atoms with Crippen LogP contribution in [0.5, 0.6) is 11.8 Å². The number of anilines is 2. The van der Waals surface area contributed by atoms with E-state index in [0.717, 1.165) is 92.3 Å². The Balaban J connectivity index is 1.30. The number of rotatable bonds is 8. The van der Waals surface area contributed by atoms with Crippen LogP contribution in [-0.2, 0) is 13.0 Å². The number of phenolic OH excluding ortho intramolecular Hbond substituents is 1. The third-order valence-electron chi connectivity index (χ3n) is 8.41. The van der Waals surface area contributed by atoms with Crippen LogP contribution < -0.4 is 14.5 Å². The summed E-state index contributed by atoms with van der Waals surface area (Å²) in [5, 5.41) is 22.9. The Morgan fingerprint density at radius 2 is 1.77 bits per heavy atom. The van der Waals surface area contributed by atoms with Gasteiger partial charge in [0, 0.05) is 62.0 Å². The van der Waals surface area contributed by atoms with Crippen molar-refractivity contribution in [3.63, 3.8) is 0 Å². The predicted molar refractivity (Wildman–Crippen MR) is 158 cm³/mol. The van der Waals surface area contributed by atoms with Gasteiger partial charge in [0.1, 0.15) is 23.9 Å². The van der Waals surface area contributed by atoms with Crippen LogP contribution in [0.25, 0.3) is 10.8 Å². The smallest absolute Gasteiger partial charge is 0.318 e. The van der Waals surface area contributed by atoms with E-state index < -0.39 is 6.23 Å². The first kappa shape index (κ1) is 26.8. The van der Waals surface area contributed by atoms with Crippen LogP contribution in [0.1, 0.15) is 31.0 Å². The molecule has 0 spiro atoms. The van der Waals surface area contributed by atoms with E-state index in [1.165, 1.54) is 12.8 Å². The number of aromatic nitrogens is 2. The van der Waals surface area contributed by atoms with Crippen molar-refractivity contribution in [1.82, 2.24) is 19.8 Å². The van der Waals surface area contributed by atoms with Gasteiger partial charge in [0.05, 0.1) is 12.2 Å². The van der Waals surface area contributed by atoms with E-state index in [1.54, 1.807) is 6.08 Å². The number of phenols is 1. The van der Waals surface area contributed by atoms with Crippen LogP contribution in [0.15, 0.2) is 49.1 Å². The molecule has 2 fully saturated rings. The van der Waals surface area contributed by atoms with Gasteiger partial charge < -0.3 is 24.7 Å². The largest absolute Gasteiger partial charge is 0.508 e. The van der Waals surface area contributed by atoms with Crippen molar-refractivity contribution < 1.29 is 14.9 Å². The van der Waals surface area contributed by atoms with E-state index in [1.807, 2.05) is 35.2 Å². The van der Waals surface area contributed by atoms with Gasteiger partial charge >= 0.3 is 6.01 Å². The van der Waals surface area contributed by atoms with Crippen LogP contribution in [0.2, 0.25) is 0 Å². The molecule has 1 aromatic heterocycles. The van der Waals surface area contributed by atoms with Gasteiger partial charge in [-0.3, -0.25) is 9.80 Å². The second-order valence-electron chi connectivity index (χ2n) is 11.2. The number of aliphatic hydroxyl groups excluding tert-OH is 1. The van der Waals surface area contributed by atoms with Crippen LogP contribution >= 0.6 is 0 Å². The Bertz CT molecular complexity index is 1350. The lowest BCUT2D eigenvalue weighted by Gasteiger charge is -2.39. The summed E-state index contributed by atoms with van der Waals surface area (Å²) in [7, 11) is 0. The lowest BCUT2D eigenvalue weighted by Crippen LogP contribution is -2.50. The summed E-state index contributed by atoms with van der Waals surface area (Å²) in [6, 6.07) is 12.3. The number of nitrogens with zero attached hydrogens (tertiary/aromatic N) is 6. The molecular weight excluding hydrogens is 504 g/mol. The molecule has 2 N–H and O–H groups in total. The average molecular weight is 545 g/mol. The molecule has 0 aliphatic carbocycles. The molecule has 0 saturated carbocycles. The molecule has 6 rings (SSSR count). The van der Waals surface area contributed by atoms with Crippen molar-refractivity contribution in [3.05, 3.63) is 60.3 Å². The monoisotopic (exact) mass is 544 g/mol. The summed E-state index contributed by atoms with van der Waals surface area (Å²) in [6.07, 6.45) is 4.23. The van der Waals surface area contributed by atoms with E-state index in [2.05, 4.69) is 34.3 Å². The highest BCUT2D eigenvalue weighted by Gasteiger charge is 2.30. The van der Waals surface area contributed by atoms with Crippen molar-refractivity contribution in [2.24, 2.45) is 0 Å². The Morgan fingerprint density at radius 3 is 2.55 bits per heavy atom. The minimum Gasteiger partial charge on any atom is -0.508 e. The highest BCUT2D eigenvalue weighted by Crippen LogP contribution is 2.36. The van der Waals surface area contributed by atoms with Crippen molar-refractivity contribution in [2.75, 3.05) is 62.2 Å². The second kappa shape index (κ2) is 11.6. The molecule has 3 aliphatic heterocycles. The molecule has 9 heteroatoms. The fourth-order valence-corrected chi connectivity index (χ4v) is 6.34. The minimum atomic E-state index is -0.627. The third-order valence-corrected chi connectivity index (χ3v) is 8.41. The first-order valence-electron chi connectivity index (χ1n) is 14.5. The molecule has 40 heavy (non-hydrogen) atoms. The molecule has 1 unspecified atom stereocenters. The highest BCUT2D eigenvalue weighted by atomic mass is 16.5. The normalized spacial score (nSPS) is 19.9. The van der Waals surface area contributed by atoms with Crippen molar-refractivity contribution >= 4 is 22.3 Å². The van der Waals surface area contributed by atoms with E-state index in [9.17, 15) is 10.2 Å². The molecule has 2 saturated heterocycles. The van der Waals surface area contributed by atoms with Gasteiger partial charge in [-0.15, -0.1) is 0 Å². The van der Waals surface area contributed by atoms with E-state index in [-0.39, 0.29) is 11.9 Å². The van der Waals surface area contributed by atoms with Gasteiger partial charge in [-0.05, 0) is 56.8 Å². The number of hydrogen-bond acceptors (Lipinski definition) is 9. The first-order valence-corrected chi connectivity index (χ1v) is 14.5. The molecule has 2 aromatic carbocycles. The maximum atomic E-state index is 10.5. The summed E-state index contributed by atoms with van der Waals surface area (Å²) in [4.78, 5) is 19.1. The van der Waals surface area contributed by atoms with Gasteiger partial charge in [0.25, 0.3) is 0 Å². The number of piperazine rings is 1. The number of benzene rings is 2. The molecule has 2 atom stereocenters. The van der Waals surface area contributed by atoms with E-state index >= 15 is 0 Å². The zero-order valence-corrected chi connectivity index (χ0v) is 23.4. The third kappa shape index (κ3) is 5.59. The Labute approximate surface area is 236 Å². The van der Waals surface area contributed by atoms with E-state index in [4.69, 9.17) is 14.7 Å². The lowest BCUT2D eigenvalue weighted by molar-refractivity contribution is 0.0379. The number of aliphatic hydroxyl groups is 1. The van der Waals surface area contributed by atoms with Crippen molar-refractivity contribution in [2.45, 2.75) is 45.1 Å².